The smallest absolute Gasteiger partial charge is 0.203 e. The van der Waals surface area contributed by atoms with E-state index in [4.69, 9.17) is 5.73 Å². The summed E-state index contributed by atoms with van der Waals surface area (Å²) in [5.74, 6) is 0.688. The number of aromatic nitrogens is 5. The van der Waals surface area contributed by atoms with Crippen LogP contribution in [0, 0.1) is 5.92 Å². The zero-order valence-electron chi connectivity index (χ0n) is 12.9. The maximum atomic E-state index is 5.58. The van der Waals surface area contributed by atoms with Gasteiger partial charge >= 0.3 is 0 Å². The molecule has 9 heteroatoms. The van der Waals surface area contributed by atoms with E-state index in [1.54, 1.807) is 0 Å². The molecular formula is C13H22N8S. The van der Waals surface area contributed by atoms with Crippen LogP contribution in [0.2, 0.25) is 0 Å². The second kappa shape index (κ2) is 6.67. The third-order valence-corrected chi connectivity index (χ3v) is 4.50. The Bertz CT molecular complexity index is 607. The molecule has 1 saturated heterocycles. The number of rotatable bonds is 6. The van der Waals surface area contributed by atoms with Gasteiger partial charge in [-0.1, -0.05) is 30.4 Å². The van der Waals surface area contributed by atoms with Crippen LogP contribution in [0.25, 0.3) is 0 Å². The van der Waals surface area contributed by atoms with Crippen molar-refractivity contribution in [3.05, 3.63) is 16.9 Å². The van der Waals surface area contributed by atoms with Crippen molar-refractivity contribution in [2.75, 3.05) is 5.73 Å². The van der Waals surface area contributed by atoms with Crippen LogP contribution in [-0.2, 0) is 13.0 Å². The molecule has 0 saturated carbocycles. The van der Waals surface area contributed by atoms with Crippen molar-refractivity contribution in [3.8, 4) is 0 Å². The Morgan fingerprint density at radius 1 is 1.36 bits per heavy atom. The number of aryl methyl sites for hydroxylation is 2. The average Bonchev–Trinajstić information content (AvgIpc) is 3.16. The summed E-state index contributed by atoms with van der Waals surface area (Å²) < 4.78 is 1.85. The van der Waals surface area contributed by atoms with Crippen LogP contribution >= 0.6 is 11.3 Å². The number of anilines is 1. The fourth-order valence-electron chi connectivity index (χ4n) is 2.70. The average molecular weight is 322 g/mol. The second-order valence-corrected chi connectivity index (χ2v) is 7.19. The Labute approximate surface area is 133 Å². The Morgan fingerprint density at radius 3 is 2.95 bits per heavy atom. The van der Waals surface area contributed by atoms with Crippen LogP contribution in [0.4, 0.5) is 5.13 Å². The molecule has 2 aromatic rings. The number of nitrogens with zero attached hydrogens (tertiary/aromatic N) is 5. The summed E-state index contributed by atoms with van der Waals surface area (Å²) in [7, 11) is 0. The highest BCUT2D eigenvalue weighted by Gasteiger charge is 2.27. The summed E-state index contributed by atoms with van der Waals surface area (Å²) in [6.45, 7) is 5.22. The summed E-state index contributed by atoms with van der Waals surface area (Å²) in [6, 6.07) is 0.731. The van der Waals surface area contributed by atoms with Gasteiger partial charge in [0.05, 0.1) is 12.2 Å². The second-order valence-electron chi connectivity index (χ2n) is 6.09. The van der Waals surface area contributed by atoms with Crippen molar-refractivity contribution in [1.82, 2.24) is 36.0 Å². The SMILES string of the molecule is CC(C)CC1CC(c2cn(CCc3nnc(N)s3)nn2)NN1. The van der Waals surface area contributed by atoms with E-state index in [1.165, 1.54) is 11.3 Å². The van der Waals surface area contributed by atoms with Gasteiger partial charge in [-0.3, -0.25) is 10.1 Å². The van der Waals surface area contributed by atoms with Crippen molar-refractivity contribution in [2.45, 2.75) is 51.7 Å². The highest BCUT2D eigenvalue weighted by Crippen LogP contribution is 2.23. The summed E-state index contributed by atoms with van der Waals surface area (Å²) >= 11 is 1.42. The third kappa shape index (κ3) is 3.79. The van der Waals surface area contributed by atoms with E-state index in [0.29, 0.717) is 17.1 Å². The molecule has 1 fully saturated rings. The van der Waals surface area contributed by atoms with E-state index < -0.39 is 0 Å². The minimum atomic E-state index is 0.231. The van der Waals surface area contributed by atoms with Crippen LogP contribution < -0.4 is 16.6 Å². The first-order chi connectivity index (χ1) is 10.6. The van der Waals surface area contributed by atoms with Crippen LogP contribution in [0.15, 0.2) is 6.20 Å². The van der Waals surface area contributed by atoms with E-state index in [0.717, 1.165) is 36.5 Å². The molecule has 0 aromatic carbocycles. The Morgan fingerprint density at radius 2 is 2.23 bits per heavy atom. The lowest BCUT2D eigenvalue weighted by molar-refractivity contribution is 0.446. The molecule has 4 N–H and O–H groups in total. The van der Waals surface area contributed by atoms with Gasteiger partial charge in [-0.25, -0.2) is 5.43 Å². The van der Waals surface area contributed by atoms with Crippen LogP contribution in [0.5, 0.6) is 0 Å². The minimum absolute atomic E-state index is 0.231. The Hall–Kier alpha value is -1.58. The van der Waals surface area contributed by atoms with E-state index >= 15 is 0 Å². The number of nitrogens with one attached hydrogen (secondary N) is 2. The van der Waals surface area contributed by atoms with Crippen molar-refractivity contribution in [1.29, 1.82) is 0 Å². The predicted molar refractivity (Wildman–Crippen MR) is 84.9 cm³/mol. The first-order valence-corrected chi connectivity index (χ1v) is 8.40. The predicted octanol–water partition coefficient (Wildman–Crippen LogP) is 0.908. The lowest BCUT2D eigenvalue weighted by atomic mass is 9.99. The van der Waals surface area contributed by atoms with Gasteiger partial charge < -0.3 is 5.73 Å². The minimum Gasteiger partial charge on any atom is -0.374 e. The topological polar surface area (TPSA) is 107 Å². The molecular weight excluding hydrogens is 300 g/mol. The van der Waals surface area contributed by atoms with Crippen molar-refractivity contribution >= 4 is 16.5 Å². The number of hydrazine groups is 1. The van der Waals surface area contributed by atoms with Crippen LogP contribution in [-0.4, -0.2) is 31.2 Å². The molecule has 2 aromatic heterocycles. The molecule has 1 aliphatic heterocycles. The molecule has 8 nitrogen and oxygen atoms in total. The van der Waals surface area contributed by atoms with E-state index in [1.807, 2.05) is 10.9 Å². The number of nitrogen functional groups attached to an aromatic ring is 1. The summed E-state index contributed by atoms with van der Waals surface area (Å²) in [6.07, 6.45) is 4.98. The first-order valence-electron chi connectivity index (χ1n) is 7.59. The zero-order chi connectivity index (χ0) is 15.5. The lowest BCUT2D eigenvalue weighted by Crippen LogP contribution is -2.31. The highest BCUT2D eigenvalue weighted by atomic mass is 32.1. The van der Waals surface area contributed by atoms with Gasteiger partial charge in [0.15, 0.2) is 0 Å². The molecule has 1 aliphatic rings. The van der Waals surface area contributed by atoms with Gasteiger partial charge in [0, 0.05) is 19.0 Å². The maximum absolute atomic E-state index is 5.58. The summed E-state index contributed by atoms with van der Waals surface area (Å²) in [5, 5.41) is 17.7. The van der Waals surface area contributed by atoms with Crippen molar-refractivity contribution < 1.29 is 0 Å². The molecule has 0 spiro atoms. The molecule has 22 heavy (non-hydrogen) atoms. The quantitative estimate of drug-likeness (QED) is 0.725. The lowest BCUT2D eigenvalue weighted by Gasteiger charge is -2.10. The fraction of sp³-hybridized carbons (Fsp3) is 0.692. The largest absolute Gasteiger partial charge is 0.374 e. The summed E-state index contributed by atoms with van der Waals surface area (Å²) in [4.78, 5) is 0. The van der Waals surface area contributed by atoms with Gasteiger partial charge in [0.25, 0.3) is 0 Å². The maximum Gasteiger partial charge on any atom is 0.203 e. The fourth-order valence-corrected chi connectivity index (χ4v) is 3.30. The Balaban J connectivity index is 1.53. The van der Waals surface area contributed by atoms with Gasteiger partial charge in [-0.05, 0) is 18.8 Å². The number of hydrogen-bond acceptors (Lipinski definition) is 8. The monoisotopic (exact) mass is 322 g/mol. The molecule has 0 radical (unpaired) electrons. The van der Waals surface area contributed by atoms with Gasteiger partial charge in [-0.2, -0.15) is 0 Å². The van der Waals surface area contributed by atoms with Crippen LogP contribution in [0.3, 0.4) is 0 Å². The summed E-state index contributed by atoms with van der Waals surface area (Å²) in [5.41, 5.74) is 13.2. The molecule has 120 valence electrons. The first kappa shape index (κ1) is 15.3. The van der Waals surface area contributed by atoms with Crippen molar-refractivity contribution in [3.63, 3.8) is 0 Å². The number of hydrogen-bond donors (Lipinski definition) is 3. The van der Waals surface area contributed by atoms with E-state index in [-0.39, 0.29) is 6.04 Å². The normalized spacial score (nSPS) is 21.8. The third-order valence-electron chi connectivity index (χ3n) is 3.69. The highest BCUT2D eigenvalue weighted by molar-refractivity contribution is 7.15. The molecule has 3 rings (SSSR count). The molecule has 0 amide bonds. The van der Waals surface area contributed by atoms with Gasteiger partial charge in [0.1, 0.15) is 10.7 Å². The van der Waals surface area contributed by atoms with Gasteiger partial charge in [-0.15, -0.1) is 15.3 Å². The molecule has 0 bridgehead atoms. The zero-order valence-corrected chi connectivity index (χ0v) is 13.7. The van der Waals surface area contributed by atoms with E-state index in [2.05, 4.69) is 45.2 Å². The van der Waals surface area contributed by atoms with Gasteiger partial charge in [0.2, 0.25) is 5.13 Å². The molecule has 2 unspecified atom stereocenters. The van der Waals surface area contributed by atoms with Crippen molar-refractivity contribution in [2.24, 2.45) is 5.92 Å². The molecule has 3 heterocycles. The van der Waals surface area contributed by atoms with E-state index in [9.17, 15) is 0 Å². The van der Waals surface area contributed by atoms with Crippen LogP contribution in [0.1, 0.15) is 43.4 Å². The standard InChI is InChI=1S/C13H22N8S/c1-8(2)5-9-6-10(16-15-9)11-7-21(20-17-11)4-3-12-18-19-13(14)22-12/h7-10,15-16H,3-6H2,1-2H3,(H2,14,19). The Kier molecular flexibility index (Phi) is 4.65. The number of nitrogens with two attached hydrogens (primary N) is 1. The molecule has 2 atom stereocenters. The molecule has 0 aliphatic carbocycles.